The maximum Gasteiger partial charge on any atom is 0.243 e. The second kappa shape index (κ2) is 5.50. The van der Waals surface area contributed by atoms with Crippen molar-refractivity contribution in [2.75, 3.05) is 13.2 Å². The fourth-order valence-corrected chi connectivity index (χ4v) is 2.68. The first-order valence-electron chi connectivity index (χ1n) is 7.26. The van der Waals surface area contributed by atoms with Crippen LogP contribution in [0.5, 0.6) is 0 Å². The number of ether oxygens (including phenoxy) is 1. The van der Waals surface area contributed by atoms with E-state index in [2.05, 4.69) is 4.98 Å². The minimum absolute atomic E-state index is 0.0761. The molecule has 2 N–H and O–H groups in total. The van der Waals surface area contributed by atoms with Crippen molar-refractivity contribution in [2.24, 2.45) is 5.73 Å². The van der Waals surface area contributed by atoms with Crippen molar-refractivity contribution in [2.45, 2.75) is 43.8 Å². The van der Waals surface area contributed by atoms with Gasteiger partial charge in [-0.25, -0.2) is 0 Å². The minimum Gasteiger partial charge on any atom is -0.381 e. The van der Waals surface area contributed by atoms with Gasteiger partial charge in [-0.15, -0.1) is 0 Å². The van der Waals surface area contributed by atoms with Gasteiger partial charge in [-0.3, -0.25) is 9.78 Å². The van der Waals surface area contributed by atoms with Gasteiger partial charge in [0.25, 0.3) is 0 Å². The van der Waals surface area contributed by atoms with Crippen LogP contribution in [0.4, 0.5) is 0 Å². The summed E-state index contributed by atoms with van der Waals surface area (Å²) in [5, 5.41) is 0. The van der Waals surface area contributed by atoms with Crippen LogP contribution >= 0.6 is 0 Å². The third-order valence-electron chi connectivity index (χ3n) is 4.14. The van der Waals surface area contributed by atoms with E-state index < -0.39 is 5.54 Å². The number of hydrogen-bond donors (Lipinski definition) is 1. The van der Waals surface area contributed by atoms with E-state index in [9.17, 15) is 4.79 Å². The molecule has 0 radical (unpaired) electrons. The fraction of sp³-hybridized carbons (Fsp3) is 0.600. The molecule has 1 aliphatic carbocycles. The summed E-state index contributed by atoms with van der Waals surface area (Å²) >= 11 is 0. The van der Waals surface area contributed by atoms with Gasteiger partial charge < -0.3 is 15.4 Å². The zero-order valence-corrected chi connectivity index (χ0v) is 11.6. The normalized spacial score (nSPS) is 21.4. The van der Waals surface area contributed by atoms with E-state index in [0.717, 1.165) is 18.4 Å². The van der Waals surface area contributed by atoms with Crippen LogP contribution in [-0.4, -0.2) is 40.6 Å². The molecular formula is C15H21N3O2. The number of carbonyl (C=O) groups excluding carboxylic acids is 1. The Morgan fingerprint density at radius 1 is 1.45 bits per heavy atom. The predicted octanol–water partition coefficient (Wildman–Crippen LogP) is 1.08. The van der Waals surface area contributed by atoms with E-state index in [4.69, 9.17) is 10.5 Å². The second-order valence-electron chi connectivity index (χ2n) is 5.79. The number of nitrogens with zero attached hydrogens (tertiary/aromatic N) is 2. The van der Waals surface area contributed by atoms with Crippen LogP contribution in [0.15, 0.2) is 24.5 Å². The number of nitrogens with two attached hydrogens (primary N) is 1. The van der Waals surface area contributed by atoms with Gasteiger partial charge in [-0.1, -0.05) is 6.07 Å². The van der Waals surface area contributed by atoms with Crippen LogP contribution in [0.2, 0.25) is 0 Å². The van der Waals surface area contributed by atoms with Crippen molar-refractivity contribution in [1.29, 1.82) is 0 Å². The summed E-state index contributed by atoms with van der Waals surface area (Å²) in [6, 6.07) is 4.26. The Bertz CT molecular complexity index is 467. The number of hydrogen-bond acceptors (Lipinski definition) is 4. The standard InChI is InChI=1S/C15H21N3O2/c16-15(5-8-20-9-6-15)14(19)18(13-3-4-13)11-12-2-1-7-17-10-12/h1-2,7,10,13H,3-6,8-9,11,16H2. The Labute approximate surface area is 119 Å². The second-order valence-corrected chi connectivity index (χ2v) is 5.79. The molecule has 3 rings (SSSR count). The fourth-order valence-electron chi connectivity index (χ4n) is 2.68. The molecule has 108 valence electrons. The number of rotatable bonds is 4. The Morgan fingerprint density at radius 2 is 2.20 bits per heavy atom. The molecule has 1 aliphatic heterocycles. The van der Waals surface area contributed by atoms with Crippen LogP contribution in [0.1, 0.15) is 31.2 Å². The molecule has 2 heterocycles. The maximum atomic E-state index is 12.8. The Balaban J connectivity index is 1.75. The lowest BCUT2D eigenvalue weighted by atomic mass is 9.89. The summed E-state index contributed by atoms with van der Waals surface area (Å²) in [5.41, 5.74) is 6.65. The Kier molecular flexibility index (Phi) is 3.72. The van der Waals surface area contributed by atoms with Crippen LogP contribution in [0.25, 0.3) is 0 Å². The highest BCUT2D eigenvalue weighted by molar-refractivity contribution is 5.86. The molecule has 1 aromatic rings. The number of pyridine rings is 1. The van der Waals surface area contributed by atoms with Crippen LogP contribution in [0, 0.1) is 0 Å². The van der Waals surface area contributed by atoms with Crippen molar-refractivity contribution < 1.29 is 9.53 Å². The Morgan fingerprint density at radius 3 is 2.80 bits per heavy atom. The number of amides is 1. The molecule has 0 unspecified atom stereocenters. The lowest BCUT2D eigenvalue weighted by Gasteiger charge is -2.37. The highest BCUT2D eigenvalue weighted by Gasteiger charge is 2.43. The molecule has 5 nitrogen and oxygen atoms in total. The molecule has 5 heteroatoms. The SMILES string of the molecule is NC1(C(=O)N(Cc2cccnc2)C2CC2)CCOCC1. The topological polar surface area (TPSA) is 68.5 Å². The summed E-state index contributed by atoms with van der Waals surface area (Å²) in [7, 11) is 0. The zero-order valence-electron chi connectivity index (χ0n) is 11.6. The summed E-state index contributed by atoms with van der Waals surface area (Å²) in [5.74, 6) is 0.0761. The van der Waals surface area contributed by atoms with Crippen LogP contribution < -0.4 is 5.73 Å². The molecule has 0 spiro atoms. The van der Waals surface area contributed by atoms with Crippen molar-refractivity contribution in [3.63, 3.8) is 0 Å². The first kappa shape index (κ1) is 13.5. The molecule has 1 saturated carbocycles. The van der Waals surface area contributed by atoms with Gasteiger partial charge in [-0.2, -0.15) is 0 Å². The summed E-state index contributed by atoms with van der Waals surface area (Å²) in [6.07, 6.45) is 6.95. The molecule has 20 heavy (non-hydrogen) atoms. The van der Waals surface area contributed by atoms with Crippen molar-refractivity contribution in [3.8, 4) is 0 Å². The molecule has 1 amide bonds. The predicted molar refractivity (Wildman–Crippen MR) is 74.8 cm³/mol. The lowest BCUT2D eigenvalue weighted by molar-refractivity contribution is -0.141. The van der Waals surface area contributed by atoms with Crippen molar-refractivity contribution >= 4 is 5.91 Å². The summed E-state index contributed by atoms with van der Waals surface area (Å²) in [6.45, 7) is 1.76. The molecule has 0 bridgehead atoms. The van der Waals surface area contributed by atoms with Gasteiger partial charge in [0.1, 0.15) is 0 Å². The molecular weight excluding hydrogens is 254 g/mol. The van der Waals surface area contributed by atoms with E-state index in [1.54, 1.807) is 6.20 Å². The first-order chi connectivity index (χ1) is 9.69. The molecule has 0 atom stereocenters. The number of carbonyl (C=O) groups is 1. The van der Waals surface area contributed by atoms with Gasteiger partial charge in [0, 0.05) is 38.2 Å². The van der Waals surface area contributed by atoms with Gasteiger partial charge in [0.15, 0.2) is 0 Å². The smallest absolute Gasteiger partial charge is 0.243 e. The van der Waals surface area contributed by atoms with E-state index >= 15 is 0 Å². The van der Waals surface area contributed by atoms with Gasteiger partial charge >= 0.3 is 0 Å². The monoisotopic (exact) mass is 275 g/mol. The Hall–Kier alpha value is -1.46. The van der Waals surface area contributed by atoms with E-state index in [1.165, 1.54) is 0 Å². The third-order valence-corrected chi connectivity index (χ3v) is 4.14. The molecule has 0 aromatic carbocycles. The van der Waals surface area contributed by atoms with E-state index in [0.29, 0.717) is 38.6 Å². The molecule has 2 aliphatic rings. The summed E-state index contributed by atoms with van der Waals surface area (Å²) in [4.78, 5) is 18.9. The highest BCUT2D eigenvalue weighted by Crippen LogP contribution is 2.32. The largest absolute Gasteiger partial charge is 0.381 e. The average Bonchev–Trinajstić information content (AvgIpc) is 3.30. The van der Waals surface area contributed by atoms with Crippen molar-refractivity contribution in [3.05, 3.63) is 30.1 Å². The maximum absolute atomic E-state index is 12.8. The van der Waals surface area contributed by atoms with Gasteiger partial charge in [0.05, 0.1) is 5.54 Å². The molecule has 2 fully saturated rings. The first-order valence-corrected chi connectivity index (χ1v) is 7.26. The van der Waals surface area contributed by atoms with Crippen LogP contribution in [0.3, 0.4) is 0 Å². The highest BCUT2D eigenvalue weighted by atomic mass is 16.5. The molecule has 1 saturated heterocycles. The van der Waals surface area contributed by atoms with E-state index in [1.807, 2.05) is 23.2 Å². The van der Waals surface area contributed by atoms with Crippen molar-refractivity contribution in [1.82, 2.24) is 9.88 Å². The lowest BCUT2D eigenvalue weighted by Crippen LogP contribution is -2.58. The number of aromatic nitrogens is 1. The van der Waals surface area contributed by atoms with Gasteiger partial charge in [-0.05, 0) is 37.3 Å². The van der Waals surface area contributed by atoms with Gasteiger partial charge in [0.2, 0.25) is 5.91 Å². The third kappa shape index (κ3) is 2.83. The average molecular weight is 275 g/mol. The zero-order chi connectivity index (χ0) is 14.0. The minimum atomic E-state index is -0.747. The van der Waals surface area contributed by atoms with E-state index in [-0.39, 0.29) is 5.91 Å². The quantitative estimate of drug-likeness (QED) is 0.893. The molecule has 1 aromatic heterocycles. The van der Waals surface area contributed by atoms with Crippen LogP contribution in [-0.2, 0) is 16.1 Å². The summed E-state index contributed by atoms with van der Waals surface area (Å²) < 4.78 is 5.33.